The molecule has 0 bridgehead atoms. The number of aromatic nitrogens is 2. The van der Waals surface area contributed by atoms with Gasteiger partial charge < -0.3 is 5.32 Å². The Hall–Kier alpha value is -1.48. The molecule has 1 heterocycles. The summed E-state index contributed by atoms with van der Waals surface area (Å²) in [5, 5.41) is 11.1. The van der Waals surface area contributed by atoms with Crippen LogP contribution in [0.4, 0.5) is 5.69 Å². The monoisotopic (exact) mass is 235 g/mol. The maximum Gasteiger partial charge on any atom is 0.0542 e. The number of aryl methyl sites for hydroxylation is 1. The minimum absolute atomic E-state index is 0.222. The van der Waals surface area contributed by atoms with Crippen molar-refractivity contribution in [2.75, 3.05) is 5.32 Å². The third-order valence-electron chi connectivity index (χ3n) is 2.56. The molecule has 0 spiro atoms. The van der Waals surface area contributed by atoms with Crippen LogP contribution in [0.25, 0.3) is 0 Å². The molecule has 0 amide bonds. The van der Waals surface area contributed by atoms with Crippen LogP contribution in [0, 0.1) is 6.92 Å². The number of nitrogens with zero attached hydrogens (tertiary/aromatic N) is 1. The smallest absolute Gasteiger partial charge is 0.0542 e. The van der Waals surface area contributed by atoms with Gasteiger partial charge in [0.25, 0.3) is 0 Å². The Balaban J connectivity index is 2.10. The van der Waals surface area contributed by atoms with E-state index >= 15 is 0 Å². The molecule has 2 rings (SSSR count). The van der Waals surface area contributed by atoms with E-state index in [-0.39, 0.29) is 6.04 Å². The summed E-state index contributed by atoms with van der Waals surface area (Å²) >= 11 is 5.83. The first kappa shape index (κ1) is 11.0. The van der Waals surface area contributed by atoms with E-state index in [0.29, 0.717) is 0 Å². The lowest BCUT2D eigenvalue weighted by atomic mass is 10.1. The molecule has 2 aromatic rings. The Morgan fingerprint density at radius 1 is 1.31 bits per heavy atom. The highest BCUT2D eigenvalue weighted by Gasteiger charge is 2.09. The molecule has 0 radical (unpaired) electrons. The predicted molar refractivity (Wildman–Crippen MR) is 66.8 cm³/mol. The summed E-state index contributed by atoms with van der Waals surface area (Å²) in [4.78, 5) is 0. The zero-order chi connectivity index (χ0) is 11.5. The van der Waals surface area contributed by atoms with Crippen LogP contribution in [0.2, 0.25) is 5.02 Å². The molecule has 0 saturated carbocycles. The van der Waals surface area contributed by atoms with E-state index in [0.717, 1.165) is 16.4 Å². The van der Waals surface area contributed by atoms with Gasteiger partial charge in [-0.3, -0.25) is 5.10 Å². The number of hydrogen-bond donors (Lipinski definition) is 2. The molecule has 1 aromatic carbocycles. The predicted octanol–water partition coefficient (Wildman–Crippen LogP) is 3.54. The Labute approximate surface area is 99.8 Å². The lowest BCUT2D eigenvalue weighted by molar-refractivity contribution is 0.874. The molecule has 2 N–H and O–H groups in total. The van der Waals surface area contributed by atoms with Crippen molar-refractivity contribution < 1.29 is 0 Å². The van der Waals surface area contributed by atoms with Gasteiger partial charge in [0.1, 0.15) is 0 Å². The van der Waals surface area contributed by atoms with E-state index in [1.165, 1.54) is 5.56 Å². The molecule has 84 valence electrons. The number of aromatic amines is 1. The molecule has 0 aliphatic rings. The Bertz CT molecular complexity index is 461. The van der Waals surface area contributed by atoms with Gasteiger partial charge in [0.2, 0.25) is 0 Å². The largest absolute Gasteiger partial charge is 0.378 e. The van der Waals surface area contributed by atoms with E-state index in [9.17, 15) is 0 Å². The van der Waals surface area contributed by atoms with E-state index in [1.54, 1.807) is 0 Å². The van der Waals surface area contributed by atoms with Gasteiger partial charge in [0, 0.05) is 22.0 Å². The lowest BCUT2D eigenvalue weighted by Crippen LogP contribution is -2.06. The Morgan fingerprint density at radius 2 is 2.00 bits per heavy atom. The molecule has 0 aliphatic carbocycles. The fourth-order valence-corrected chi connectivity index (χ4v) is 1.80. The van der Waals surface area contributed by atoms with E-state index in [1.807, 2.05) is 37.4 Å². The van der Waals surface area contributed by atoms with Crippen LogP contribution >= 0.6 is 11.6 Å². The van der Waals surface area contributed by atoms with Gasteiger partial charge in [-0.05, 0) is 38.1 Å². The number of halogens is 1. The average molecular weight is 236 g/mol. The SMILES string of the molecule is Cc1[nH]ncc1C(C)Nc1ccc(Cl)cc1. The quantitative estimate of drug-likeness (QED) is 0.854. The summed E-state index contributed by atoms with van der Waals surface area (Å²) in [6, 6.07) is 7.90. The second kappa shape index (κ2) is 4.58. The molecule has 0 fully saturated rings. The first-order valence-corrected chi connectivity index (χ1v) is 5.56. The van der Waals surface area contributed by atoms with Crippen LogP contribution < -0.4 is 5.32 Å². The summed E-state index contributed by atoms with van der Waals surface area (Å²) < 4.78 is 0. The number of nitrogens with one attached hydrogen (secondary N) is 2. The van der Waals surface area contributed by atoms with Crippen molar-refractivity contribution >= 4 is 17.3 Å². The number of hydrogen-bond acceptors (Lipinski definition) is 2. The zero-order valence-corrected chi connectivity index (χ0v) is 10.0. The van der Waals surface area contributed by atoms with Crippen LogP contribution in [-0.4, -0.2) is 10.2 Å². The van der Waals surface area contributed by atoms with E-state index in [2.05, 4.69) is 22.4 Å². The molecule has 0 saturated heterocycles. The first-order valence-electron chi connectivity index (χ1n) is 5.19. The summed E-state index contributed by atoms with van der Waals surface area (Å²) in [5.74, 6) is 0. The topological polar surface area (TPSA) is 40.7 Å². The van der Waals surface area contributed by atoms with E-state index in [4.69, 9.17) is 11.6 Å². The Morgan fingerprint density at radius 3 is 2.56 bits per heavy atom. The third-order valence-corrected chi connectivity index (χ3v) is 2.81. The zero-order valence-electron chi connectivity index (χ0n) is 9.29. The fourth-order valence-electron chi connectivity index (χ4n) is 1.67. The molecule has 1 atom stereocenters. The standard InChI is InChI=1S/C12H14ClN3/c1-8(12-7-14-16-9(12)2)15-11-5-3-10(13)4-6-11/h3-8,15H,1-2H3,(H,14,16). The highest BCUT2D eigenvalue weighted by Crippen LogP contribution is 2.21. The number of H-pyrrole nitrogens is 1. The molecular formula is C12H14ClN3. The van der Waals surface area contributed by atoms with Crippen molar-refractivity contribution in [1.29, 1.82) is 0 Å². The third kappa shape index (κ3) is 2.36. The van der Waals surface area contributed by atoms with Gasteiger partial charge in [0.15, 0.2) is 0 Å². The molecule has 1 aromatic heterocycles. The van der Waals surface area contributed by atoms with Crippen molar-refractivity contribution in [3.05, 3.63) is 46.7 Å². The van der Waals surface area contributed by atoms with Gasteiger partial charge in [0.05, 0.1) is 12.2 Å². The van der Waals surface area contributed by atoms with E-state index < -0.39 is 0 Å². The number of anilines is 1. The first-order chi connectivity index (χ1) is 7.66. The fraction of sp³-hybridized carbons (Fsp3) is 0.250. The minimum atomic E-state index is 0.222. The Kier molecular flexibility index (Phi) is 3.15. The maximum atomic E-state index is 5.83. The van der Waals surface area contributed by atoms with Gasteiger partial charge >= 0.3 is 0 Å². The van der Waals surface area contributed by atoms with Crippen molar-refractivity contribution in [3.63, 3.8) is 0 Å². The molecule has 0 aliphatic heterocycles. The van der Waals surface area contributed by atoms with Gasteiger partial charge in [-0.2, -0.15) is 5.10 Å². The van der Waals surface area contributed by atoms with Crippen LogP contribution in [-0.2, 0) is 0 Å². The number of benzene rings is 1. The second-order valence-corrected chi connectivity index (χ2v) is 4.26. The lowest BCUT2D eigenvalue weighted by Gasteiger charge is -2.14. The van der Waals surface area contributed by atoms with Crippen LogP contribution in [0.1, 0.15) is 24.2 Å². The van der Waals surface area contributed by atoms with Gasteiger partial charge in [-0.1, -0.05) is 11.6 Å². The summed E-state index contributed by atoms with van der Waals surface area (Å²) in [5.41, 5.74) is 3.32. The van der Waals surface area contributed by atoms with Crippen LogP contribution in [0.3, 0.4) is 0 Å². The minimum Gasteiger partial charge on any atom is -0.378 e. The second-order valence-electron chi connectivity index (χ2n) is 3.82. The van der Waals surface area contributed by atoms with Crippen molar-refractivity contribution in [2.24, 2.45) is 0 Å². The highest BCUT2D eigenvalue weighted by atomic mass is 35.5. The van der Waals surface area contributed by atoms with Crippen molar-refractivity contribution in [3.8, 4) is 0 Å². The van der Waals surface area contributed by atoms with Crippen LogP contribution in [0.5, 0.6) is 0 Å². The molecular weight excluding hydrogens is 222 g/mol. The summed E-state index contributed by atoms with van der Waals surface area (Å²) in [6.45, 7) is 4.12. The highest BCUT2D eigenvalue weighted by molar-refractivity contribution is 6.30. The summed E-state index contributed by atoms with van der Waals surface area (Å²) in [7, 11) is 0. The number of rotatable bonds is 3. The molecule has 16 heavy (non-hydrogen) atoms. The average Bonchev–Trinajstić information content (AvgIpc) is 2.68. The van der Waals surface area contributed by atoms with Crippen molar-refractivity contribution in [2.45, 2.75) is 19.9 Å². The molecule has 4 heteroatoms. The van der Waals surface area contributed by atoms with Crippen LogP contribution in [0.15, 0.2) is 30.5 Å². The molecule has 3 nitrogen and oxygen atoms in total. The summed E-state index contributed by atoms with van der Waals surface area (Å²) in [6.07, 6.45) is 1.85. The normalized spacial score (nSPS) is 12.4. The maximum absolute atomic E-state index is 5.83. The molecule has 1 unspecified atom stereocenters. The van der Waals surface area contributed by atoms with Crippen molar-refractivity contribution in [1.82, 2.24) is 10.2 Å². The van der Waals surface area contributed by atoms with Gasteiger partial charge in [-0.25, -0.2) is 0 Å². The van der Waals surface area contributed by atoms with Gasteiger partial charge in [-0.15, -0.1) is 0 Å².